The van der Waals surface area contributed by atoms with Gasteiger partial charge in [-0.2, -0.15) is 0 Å². The molecule has 0 fully saturated rings. The number of nitrogens with one attached hydrogen (secondary N) is 1. The van der Waals surface area contributed by atoms with Crippen molar-refractivity contribution in [2.24, 2.45) is 5.73 Å². The molecule has 1 rings (SSSR count). The summed E-state index contributed by atoms with van der Waals surface area (Å²) in [5.41, 5.74) is 7.05. The fourth-order valence-electron chi connectivity index (χ4n) is 1.37. The predicted molar refractivity (Wildman–Crippen MR) is 78.6 cm³/mol. The molecular weight excluding hydrogens is 244 g/mol. The molecule has 3 nitrogen and oxygen atoms in total. The minimum Gasteiger partial charge on any atom is -0.353 e. The molecule has 0 aliphatic carbocycles. The number of hydrogen-bond acceptors (Lipinski definition) is 3. The van der Waals surface area contributed by atoms with Crippen molar-refractivity contribution in [1.82, 2.24) is 5.32 Å². The molecule has 4 heteroatoms. The van der Waals surface area contributed by atoms with Gasteiger partial charge in [0.05, 0.1) is 5.75 Å². The minimum atomic E-state index is -0.144. The highest BCUT2D eigenvalue weighted by molar-refractivity contribution is 8.01. The van der Waals surface area contributed by atoms with Crippen LogP contribution < -0.4 is 11.1 Å². The largest absolute Gasteiger partial charge is 0.353 e. The lowest BCUT2D eigenvalue weighted by molar-refractivity contribution is -0.118. The standard InChI is InChI=1S/C14H22N2OS/c1-14(2,3)18-10-13(17)16-9-12(15)11-7-5-4-6-8-11/h4-8,12H,9-10,15H2,1-3H3,(H,16,17). The van der Waals surface area contributed by atoms with E-state index in [-0.39, 0.29) is 16.7 Å². The van der Waals surface area contributed by atoms with Crippen LogP contribution >= 0.6 is 11.8 Å². The molecule has 0 radical (unpaired) electrons. The van der Waals surface area contributed by atoms with Gasteiger partial charge in [0.25, 0.3) is 0 Å². The Morgan fingerprint density at radius 2 is 1.94 bits per heavy atom. The maximum Gasteiger partial charge on any atom is 0.230 e. The van der Waals surface area contributed by atoms with Crippen LogP contribution in [0.3, 0.4) is 0 Å². The second-order valence-corrected chi connectivity index (χ2v) is 7.02. The summed E-state index contributed by atoms with van der Waals surface area (Å²) in [6.07, 6.45) is 0. The van der Waals surface area contributed by atoms with Crippen molar-refractivity contribution in [1.29, 1.82) is 0 Å². The van der Waals surface area contributed by atoms with Crippen LogP contribution in [-0.4, -0.2) is 23.0 Å². The first-order chi connectivity index (χ1) is 8.38. The molecule has 100 valence electrons. The molecule has 0 saturated heterocycles. The minimum absolute atomic E-state index is 0.0429. The lowest BCUT2D eigenvalue weighted by Crippen LogP contribution is -2.33. The third-order valence-electron chi connectivity index (χ3n) is 2.38. The number of amides is 1. The van der Waals surface area contributed by atoms with Gasteiger partial charge in [0, 0.05) is 17.3 Å². The SMILES string of the molecule is CC(C)(C)SCC(=O)NCC(N)c1ccccc1. The van der Waals surface area contributed by atoms with Gasteiger partial charge in [-0.15, -0.1) is 11.8 Å². The van der Waals surface area contributed by atoms with E-state index in [0.29, 0.717) is 12.3 Å². The molecule has 1 atom stereocenters. The Labute approximate surface area is 114 Å². The number of benzene rings is 1. The molecule has 0 aliphatic heterocycles. The van der Waals surface area contributed by atoms with Gasteiger partial charge >= 0.3 is 0 Å². The average Bonchev–Trinajstić information content (AvgIpc) is 2.33. The van der Waals surface area contributed by atoms with E-state index >= 15 is 0 Å². The van der Waals surface area contributed by atoms with Crippen molar-refractivity contribution >= 4 is 17.7 Å². The highest BCUT2D eigenvalue weighted by atomic mass is 32.2. The molecule has 0 bridgehead atoms. The summed E-state index contributed by atoms with van der Waals surface area (Å²) in [7, 11) is 0. The molecule has 1 amide bonds. The zero-order chi connectivity index (χ0) is 13.6. The topological polar surface area (TPSA) is 55.1 Å². The van der Waals surface area contributed by atoms with Crippen LogP contribution in [0.1, 0.15) is 32.4 Å². The Morgan fingerprint density at radius 1 is 1.33 bits per heavy atom. The number of hydrogen-bond donors (Lipinski definition) is 2. The fraction of sp³-hybridized carbons (Fsp3) is 0.500. The summed E-state index contributed by atoms with van der Waals surface area (Å²) < 4.78 is 0.110. The Hall–Kier alpha value is -1.00. The lowest BCUT2D eigenvalue weighted by Gasteiger charge is -2.18. The van der Waals surface area contributed by atoms with E-state index in [4.69, 9.17) is 5.73 Å². The van der Waals surface area contributed by atoms with Crippen LogP contribution in [0.4, 0.5) is 0 Å². The molecule has 0 spiro atoms. The highest BCUT2D eigenvalue weighted by Gasteiger charge is 2.14. The zero-order valence-corrected chi connectivity index (χ0v) is 12.1. The predicted octanol–water partition coefficient (Wildman–Crippen LogP) is 2.33. The average molecular weight is 266 g/mol. The number of carbonyl (C=O) groups excluding carboxylic acids is 1. The van der Waals surface area contributed by atoms with Gasteiger partial charge in [-0.05, 0) is 5.56 Å². The van der Waals surface area contributed by atoms with Crippen molar-refractivity contribution in [2.75, 3.05) is 12.3 Å². The molecule has 1 aromatic carbocycles. The Kier molecular flexibility index (Phi) is 5.69. The van der Waals surface area contributed by atoms with Crippen molar-refractivity contribution in [3.05, 3.63) is 35.9 Å². The second-order valence-electron chi connectivity index (χ2n) is 5.22. The van der Waals surface area contributed by atoms with E-state index in [2.05, 4.69) is 26.1 Å². The number of carbonyl (C=O) groups is 1. The highest BCUT2D eigenvalue weighted by Crippen LogP contribution is 2.22. The summed E-state index contributed by atoms with van der Waals surface area (Å²) in [6, 6.07) is 9.66. The molecule has 0 aromatic heterocycles. The Morgan fingerprint density at radius 3 is 2.50 bits per heavy atom. The van der Waals surface area contributed by atoms with Crippen LogP contribution in [0.15, 0.2) is 30.3 Å². The third kappa shape index (κ3) is 6.07. The fourth-order valence-corrected chi connectivity index (χ4v) is 2.04. The van der Waals surface area contributed by atoms with E-state index in [1.807, 2.05) is 30.3 Å². The van der Waals surface area contributed by atoms with E-state index in [9.17, 15) is 4.79 Å². The van der Waals surface area contributed by atoms with Gasteiger partial charge in [-0.3, -0.25) is 4.79 Å². The number of rotatable bonds is 5. The van der Waals surface area contributed by atoms with E-state index < -0.39 is 0 Å². The second kappa shape index (κ2) is 6.81. The molecular formula is C14H22N2OS. The van der Waals surface area contributed by atoms with E-state index in [0.717, 1.165) is 5.56 Å². The third-order valence-corrected chi connectivity index (χ3v) is 3.66. The van der Waals surface area contributed by atoms with Gasteiger partial charge < -0.3 is 11.1 Å². The maximum absolute atomic E-state index is 11.6. The molecule has 0 saturated carbocycles. The van der Waals surface area contributed by atoms with Gasteiger partial charge in [-0.1, -0.05) is 51.1 Å². The van der Waals surface area contributed by atoms with Crippen LogP contribution in [0.25, 0.3) is 0 Å². The lowest BCUT2D eigenvalue weighted by atomic mass is 10.1. The summed E-state index contributed by atoms with van der Waals surface area (Å²) in [5, 5.41) is 2.87. The first-order valence-corrected chi connectivity index (χ1v) is 7.08. The van der Waals surface area contributed by atoms with Crippen molar-refractivity contribution < 1.29 is 4.79 Å². The molecule has 1 unspecified atom stereocenters. The first kappa shape index (κ1) is 15.1. The Bertz CT molecular complexity index is 373. The van der Waals surface area contributed by atoms with Crippen LogP contribution in [0, 0.1) is 0 Å². The summed E-state index contributed by atoms with van der Waals surface area (Å²) in [4.78, 5) is 11.6. The monoisotopic (exact) mass is 266 g/mol. The van der Waals surface area contributed by atoms with Gasteiger partial charge in [0.15, 0.2) is 0 Å². The summed E-state index contributed by atoms with van der Waals surface area (Å²) in [6.45, 7) is 6.77. The summed E-state index contributed by atoms with van der Waals surface area (Å²) in [5.74, 6) is 0.520. The van der Waals surface area contributed by atoms with Crippen molar-refractivity contribution in [3.63, 3.8) is 0 Å². The Balaban J connectivity index is 2.31. The van der Waals surface area contributed by atoms with Crippen molar-refractivity contribution in [2.45, 2.75) is 31.6 Å². The van der Waals surface area contributed by atoms with Gasteiger partial charge in [-0.25, -0.2) is 0 Å². The molecule has 0 heterocycles. The van der Waals surface area contributed by atoms with E-state index in [1.165, 1.54) is 0 Å². The smallest absolute Gasteiger partial charge is 0.230 e. The van der Waals surface area contributed by atoms with Gasteiger partial charge in [0.2, 0.25) is 5.91 Å². The van der Waals surface area contributed by atoms with Crippen molar-refractivity contribution in [3.8, 4) is 0 Å². The summed E-state index contributed by atoms with van der Waals surface area (Å²) >= 11 is 1.64. The quantitative estimate of drug-likeness (QED) is 0.860. The van der Waals surface area contributed by atoms with E-state index in [1.54, 1.807) is 11.8 Å². The molecule has 3 N–H and O–H groups in total. The first-order valence-electron chi connectivity index (χ1n) is 6.09. The number of thioether (sulfide) groups is 1. The van der Waals surface area contributed by atoms with Crippen LogP contribution in [0.2, 0.25) is 0 Å². The molecule has 1 aromatic rings. The molecule has 18 heavy (non-hydrogen) atoms. The van der Waals surface area contributed by atoms with Crippen LogP contribution in [-0.2, 0) is 4.79 Å². The number of nitrogens with two attached hydrogens (primary N) is 1. The van der Waals surface area contributed by atoms with Gasteiger partial charge in [0.1, 0.15) is 0 Å². The normalized spacial score (nSPS) is 13.1. The maximum atomic E-state index is 11.6. The zero-order valence-electron chi connectivity index (χ0n) is 11.3. The van der Waals surface area contributed by atoms with Crippen LogP contribution in [0.5, 0.6) is 0 Å². The molecule has 0 aliphatic rings.